The second kappa shape index (κ2) is 7.71. The Balaban J connectivity index is 1.71. The van der Waals surface area contributed by atoms with Gasteiger partial charge in [0.05, 0.1) is 29.8 Å². The van der Waals surface area contributed by atoms with Crippen molar-refractivity contribution >= 4 is 17.9 Å². The van der Waals surface area contributed by atoms with Crippen molar-refractivity contribution in [3.63, 3.8) is 0 Å². The first kappa shape index (κ1) is 20.9. The zero-order valence-corrected chi connectivity index (χ0v) is 17.7. The lowest BCUT2D eigenvalue weighted by Gasteiger charge is -2.47. The van der Waals surface area contributed by atoms with Gasteiger partial charge in [-0.15, -0.1) is 0 Å². The lowest BCUT2D eigenvalue weighted by Crippen LogP contribution is -2.70. The maximum absolute atomic E-state index is 13.6. The summed E-state index contributed by atoms with van der Waals surface area (Å²) in [6, 6.07) is 16.8. The van der Waals surface area contributed by atoms with Crippen molar-refractivity contribution < 1.29 is 9.59 Å². The molecule has 2 N–H and O–H groups in total. The molecule has 0 aromatic heterocycles. The van der Waals surface area contributed by atoms with Crippen LogP contribution in [0.15, 0.2) is 53.5 Å². The quantitative estimate of drug-likeness (QED) is 0.791. The smallest absolute Gasteiger partial charge is 0.328 e. The van der Waals surface area contributed by atoms with E-state index in [0.29, 0.717) is 22.3 Å². The van der Waals surface area contributed by atoms with Crippen LogP contribution in [0, 0.1) is 22.7 Å². The molecule has 32 heavy (non-hydrogen) atoms. The van der Waals surface area contributed by atoms with Gasteiger partial charge in [-0.3, -0.25) is 9.69 Å². The number of nitrogens with zero attached hydrogens (tertiary/aromatic N) is 6. The fourth-order valence-electron chi connectivity index (χ4n) is 4.23. The van der Waals surface area contributed by atoms with E-state index in [2.05, 4.69) is 17.1 Å². The minimum absolute atomic E-state index is 0.0408. The van der Waals surface area contributed by atoms with E-state index in [1.165, 1.54) is 4.90 Å². The highest BCUT2D eigenvalue weighted by atomic mass is 16.2. The number of benzene rings is 2. The van der Waals surface area contributed by atoms with Crippen LogP contribution >= 0.6 is 0 Å². The maximum atomic E-state index is 13.6. The lowest BCUT2D eigenvalue weighted by molar-refractivity contribution is -0.141. The summed E-state index contributed by atoms with van der Waals surface area (Å²) < 4.78 is 0. The summed E-state index contributed by atoms with van der Waals surface area (Å²) in [6.07, 6.45) is 0. The first-order valence-electron chi connectivity index (χ1n) is 9.99. The van der Waals surface area contributed by atoms with E-state index in [1.807, 2.05) is 6.07 Å². The first-order valence-corrected chi connectivity index (χ1v) is 9.99. The zero-order chi connectivity index (χ0) is 23.0. The van der Waals surface area contributed by atoms with Crippen molar-refractivity contribution in [3.8, 4) is 12.1 Å². The SMILES string of the molecule is CN1C(=O)N(Cc2ccccc2C#N)C(=O)C2N(Cc3ccccc3C#N)C(N)=NC21C. The molecular weight excluding hydrogens is 406 g/mol. The van der Waals surface area contributed by atoms with Crippen LogP contribution in [0.5, 0.6) is 0 Å². The molecule has 9 heteroatoms. The molecule has 0 radical (unpaired) electrons. The van der Waals surface area contributed by atoms with Gasteiger partial charge >= 0.3 is 6.03 Å². The van der Waals surface area contributed by atoms with Crippen molar-refractivity contribution in [2.75, 3.05) is 7.05 Å². The van der Waals surface area contributed by atoms with E-state index in [9.17, 15) is 20.1 Å². The molecule has 2 unspecified atom stereocenters. The Hall–Kier alpha value is -4.37. The van der Waals surface area contributed by atoms with Crippen LogP contribution in [-0.4, -0.2) is 51.3 Å². The van der Waals surface area contributed by atoms with Crippen LogP contribution < -0.4 is 5.73 Å². The summed E-state index contributed by atoms with van der Waals surface area (Å²) in [4.78, 5) is 35.4. The largest absolute Gasteiger partial charge is 0.370 e. The van der Waals surface area contributed by atoms with Crippen molar-refractivity contribution in [1.29, 1.82) is 10.5 Å². The number of nitrogens with two attached hydrogens (primary N) is 1. The lowest BCUT2D eigenvalue weighted by atomic mass is 9.95. The third-order valence-corrected chi connectivity index (χ3v) is 6.11. The molecule has 1 fully saturated rings. The van der Waals surface area contributed by atoms with Crippen LogP contribution in [-0.2, 0) is 17.9 Å². The number of nitriles is 2. The van der Waals surface area contributed by atoms with Crippen LogP contribution in [0.3, 0.4) is 0 Å². The zero-order valence-electron chi connectivity index (χ0n) is 17.7. The predicted octanol–water partition coefficient (Wildman–Crippen LogP) is 1.74. The Morgan fingerprint density at radius 1 is 1.00 bits per heavy atom. The van der Waals surface area contributed by atoms with Gasteiger partial charge in [0.15, 0.2) is 17.7 Å². The molecule has 3 amide bonds. The number of carbonyl (C=O) groups excluding carboxylic acids is 2. The Kier molecular flexibility index (Phi) is 5.03. The van der Waals surface area contributed by atoms with Crippen LogP contribution in [0.1, 0.15) is 29.2 Å². The molecule has 2 aliphatic rings. The first-order chi connectivity index (χ1) is 15.3. The predicted molar refractivity (Wildman–Crippen MR) is 115 cm³/mol. The van der Waals surface area contributed by atoms with Crippen molar-refractivity contribution in [3.05, 3.63) is 70.8 Å². The van der Waals surface area contributed by atoms with E-state index in [4.69, 9.17) is 5.73 Å². The standard InChI is InChI=1S/C23H21N7O2/c1-23-19(29(21(26)27-23)13-17-9-5-3-7-15(17)11-24)20(31)30(22(32)28(23)2)14-18-10-6-4-8-16(18)12-25/h3-10,19H,13-14H2,1-2H3,(H2,26,27). The molecule has 160 valence electrons. The van der Waals surface area contributed by atoms with Gasteiger partial charge in [0.25, 0.3) is 5.91 Å². The van der Waals surface area contributed by atoms with Crippen molar-refractivity contribution in [2.45, 2.75) is 31.7 Å². The molecule has 2 atom stereocenters. The van der Waals surface area contributed by atoms with Gasteiger partial charge in [-0.2, -0.15) is 10.5 Å². The average Bonchev–Trinajstić information content (AvgIpc) is 3.06. The number of aliphatic imine (C=N–C) groups is 1. The number of likely N-dealkylation sites (N-methyl/N-ethyl adjacent to an activating group) is 1. The maximum Gasteiger partial charge on any atom is 0.328 e. The number of carbonyl (C=O) groups is 2. The molecule has 0 saturated carbocycles. The highest BCUT2D eigenvalue weighted by Gasteiger charge is 2.59. The minimum Gasteiger partial charge on any atom is -0.370 e. The summed E-state index contributed by atoms with van der Waals surface area (Å²) >= 11 is 0. The summed E-state index contributed by atoms with van der Waals surface area (Å²) in [5.74, 6) is -0.334. The van der Waals surface area contributed by atoms with Gasteiger partial charge < -0.3 is 15.5 Å². The van der Waals surface area contributed by atoms with Crippen LogP contribution in [0.4, 0.5) is 4.79 Å². The summed E-state index contributed by atoms with van der Waals surface area (Å²) in [7, 11) is 1.58. The van der Waals surface area contributed by atoms with E-state index in [1.54, 1.807) is 61.3 Å². The van der Waals surface area contributed by atoms with Gasteiger partial charge in [-0.25, -0.2) is 9.79 Å². The highest BCUT2D eigenvalue weighted by molar-refractivity contribution is 6.04. The van der Waals surface area contributed by atoms with Crippen LogP contribution in [0.25, 0.3) is 0 Å². The monoisotopic (exact) mass is 427 g/mol. The fourth-order valence-corrected chi connectivity index (χ4v) is 4.23. The summed E-state index contributed by atoms with van der Waals surface area (Å²) in [5.41, 5.74) is 7.17. The van der Waals surface area contributed by atoms with E-state index in [-0.39, 0.29) is 19.0 Å². The molecule has 2 heterocycles. The number of amides is 3. The number of imide groups is 1. The van der Waals surface area contributed by atoms with Gasteiger partial charge in [-0.05, 0) is 30.2 Å². The van der Waals surface area contributed by atoms with Gasteiger partial charge in [0.2, 0.25) is 0 Å². The number of urea groups is 1. The van der Waals surface area contributed by atoms with Crippen LogP contribution in [0.2, 0.25) is 0 Å². The molecule has 4 rings (SSSR count). The summed E-state index contributed by atoms with van der Waals surface area (Å²) in [5, 5.41) is 18.8. The molecule has 9 nitrogen and oxygen atoms in total. The Morgan fingerprint density at radius 2 is 1.53 bits per heavy atom. The normalized spacial score (nSPS) is 22.3. The van der Waals surface area contributed by atoms with Gasteiger partial charge in [-0.1, -0.05) is 36.4 Å². The number of guanidine groups is 1. The topological polar surface area (TPSA) is 130 Å². The molecule has 1 saturated heterocycles. The van der Waals surface area contributed by atoms with Crippen molar-refractivity contribution in [2.24, 2.45) is 10.7 Å². The second-order valence-corrected chi connectivity index (χ2v) is 7.90. The van der Waals surface area contributed by atoms with E-state index in [0.717, 1.165) is 4.90 Å². The molecule has 0 aliphatic carbocycles. The van der Waals surface area contributed by atoms with Crippen molar-refractivity contribution in [1.82, 2.24) is 14.7 Å². The molecule has 0 bridgehead atoms. The third kappa shape index (κ3) is 3.12. The number of hydrogen-bond acceptors (Lipinski definition) is 7. The summed E-state index contributed by atoms with van der Waals surface area (Å²) in [6.45, 7) is 1.84. The van der Waals surface area contributed by atoms with E-state index < -0.39 is 23.6 Å². The van der Waals surface area contributed by atoms with E-state index >= 15 is 0 Å². The number of fused-ring (bicyclic) bond motifs is 1. The number of rotatable bonds is 4. The molecule has 0 spiro atoms. The minimum atomic E-state index is -1.19. The molecule has 2 aromatic carbocycles. The third-order valence-electron chi connectivity index (χ3n) is 6.11. The Labute approximate surface area is 185 Å². The Bertz CT molecular complexity index is 1230. The van der Waals surface area contributed by atoms with Gasteiger partial charge in [0.1, 0.15) is 0 Å². The van der Waals surface area contributed by atoms with Gasteiger partial charge in [0, 0.05) is 13.6 Å². The molecule has 2 aromatic rings. The second-order valence-electron chi connectivity index (χ2n) is 7.90. The number of hydrogen-bond donors (Lipinski definition) is 1. The highest BCUT2D eigenvalue weighted by Crippen LogP contribution is 2.37. The molecular formula is C23H21N7O2. The molecule has 2 aliphatic heterocycles. The Morgan fingerprint density at radius 3 is 2.09 bits per heavy atom. The fraction of sp³-hybridized carbons (Fsp3) is 0.261. The average molecular weight is 427 g/mol.